The van der Waals surface area contributed by atoms with Gasteiger partial charge in [-0.3, -0.25) is 0 Å². The molecule has 0 aliphatic rings. The van der Waals surface area contributed by atoms with E-state index in [4.69, 9.17) is 21.1 Å². The molecule has 0 saturated carbocycles. The van der Waals surface area contributed by atoms with E-state index in [0.717, 1.165) is 16.3 Å². The highest BCUT2D eigenvalue weighted by molar-refractivity contribution is 9.10. The Morgan fingerprint density at radius 3 is 2.31 bits per heavy atom. The van der Waals surface area contributed by atoms with Gasteiger partial charge in [0.2, 0.25) is 0 Å². The minimum absolute atomic E-state index is 0.199. The maximum absolute atomic E-state index is 10.6. The molecule has 0 spiro atoms. The van der Waals surface area contributed by atoms with Gasteiger partial charge in [0.1, 0.15) is 17.8 Å². The van der Waals surface area contributed by atoms with Crippen molar-refractivity contribution in [2.75, 3.05) is 14.2 Å². The van der Waals surface area contributed by atoms with E-state index in [1.165, 1.54) is 7.11 Å². The summed E-state index contributed by atoms with van der Waals surface area (Å²) in [6.45, 7) is 1.85. The molecule has 0 fully saturated rings. The summed E-state index contributed by atoms with van der Waals surface area (Å²) in [4.78, 5) is 10.6. The quantitative estimate of drug-likeness (QED) is 0.802. The summed E-state index contributed by atoms with van der Waals surface area (Å²) >= 11 is 9.54. The molecule has 0 atom stereocenters. The van der Waals surface area contributed by atoms with Gasteiger partial charge in [-0.05, 0) is 28.4 Å². The monoisotopic (exact) mass is 306 g/mol. The van der Waals surface area contributed by atoms with Crippen LogP contribution >= 0.6 is 27.5 Å². The zero-order valence-corrected chi connectivity index (χ0v) is 11.6. The standard InChI is InChI=1S/C11H12BrClO3/c1-6-8(12)10(15-2)7(4-5-14)11(16-3)9(6)13/h5H,4H2,1-3H3. The zero-order chi connectivity index (χ0) is 12.3. The Bertz CT molecular complexity index is 387. The lowest BCUT2D eigenvalue weighted by molar-refractivity contribution is -0.107. The second-order valence-corrected chi connectivity index (χ2v) is 4.34. The van der Waals surface area contributed by atoms with Gasteiger partial charge >= 0.3 is 0 Å². The molecule has 0 amide bonds. The van der Waals surface area contributed by atoms with Gasteiger partial charge in [-0.15, -0.1) is 0 Å². The van der Waals surface area contributed by atoms with Crippen molar-refractivity contribution in [2.24, 2.45) is 0 Å². The third kappa shape index (κ3) is 2.18. The Balaban J connectivity index is 3.58. The first-order chi connectivity index (χ1) is 7.58. The second kappa shape index (κ2) is 5.55. The maximum Gasteiger partial charge on any atom is 0.145 e. The number of carbonyl (C=O) groups is 1. The van der Waals surface area contributed by atoms with Gasteiger partial charge in [-0.1, -0.05) is 11.6 Å². The molecule has 0 saturated heterocycles. The van der Waals surface area contributed by atoms with E-state index >= 15 is 0 Å². The van der Waals surface area contributed by atoms with Crippen LogP contribution in [0.3, 0.4) is 0 Å². The number of hydrogen-bond acceptors (Lipinski definition) is 3. The molecule has 0 bridgehead atoms. The molecule has 0 heterocycles. The molecule has 1 aromatic carbocycles. The van der Waals surface area contributed by atoms with Crippen LogP contribution in [0.1, 0.15) is 11.1 Å². The predicted molar refractivity (Wildman–Crippen MR) is 66.8 cm³/mol. The van der Waals surface area contributed by atoms with Crippen LogP contribution in [0.25, 0.3) is 0 Å². The average Bonchev–Trinajstić information content (AvgIpc) is 2.28. The van der Waals surface area contributed by atoms with Crippen molar-refractivity contribution in [1.29, 1.82) is 0 Å². The highest BCUT2D eigenvalue weighted by Crippen LogP contribution is 2.44. The van der Waals surface area contributed by atoms with Crippen molar-refractivity contribution in [3.05, 3.63) is 20.6 Å². The number of hydrogen-bond donors (Lipinski definition) is 0. The number of aldehydes is 1. The second-order valence-electron chi connectivity index (χ2n) is 3.17. The molecule has 0 aliphatic heterocycles. The van der Waals surface area contributed by atoms with Crippen LogP contribution in [0.5, 0.6) is 11.5 Å². The molecule has 0 radical (unpaired) electrons. The molecule has 0 unspecified atom stereocenters. The molecule has 88 valence electrons. The number of benzene rings is 1. The van der Waals surface area contributed by atoms with Crippen molar-refractivity contribution in [1.82, 2.24) is 0 Å². The molecule has 3 nitrogen and oxygen atoms in total. The third-order valence-corrected chi connectivity index (χ3v) is 3.71. The van der Waals surface area contributed by atoms with Crippen molar-refractivity contribution in [3.8, 4) is 11.5 Å². The summed E-state index contributed by atoms with van der Waals surface area (Å²) in [5.74, 6) is 1.08. The largest absolute Gasteiger partial charge is 0.495 e. The van der Waals surface area contributed by atoms with Gasteiger partial charge in [-0.2, -0.15) is 0 Å². The molecule has 0 N–H and O–H groups in total. The van der Waals surface area contributed by atoms with Crippen LogP contribution in [-0.4, -0.2) is 20.5 Å². The minimum atomic E-state index is 0.199. The lowest BCUT2D eigenvalue weighted by Crippen LogP contribution is -2.01. The summed E-state index contributed by atoms with van der Waals surface area (Å²) in [5, 5.41) is 0.493. The summed E-state index contributed by atoms with van der Waals surface area (Å²) < 4.78 is 11.2. The van der Waals surface area contributed by atoms with Gasteiger partial charge in [0, 0.05) is 12.0 Å². The third-order valence-electron chi connectivity index (χ3n) is 2.30. The lowest BCUT2D eigenvalue weighted by atomic mass is 10.1. The van der Waals surface area contributed by atoms with E-state index < -0.39 is 0 Å². The van der Waals surface area contributed by atoms with Gasteiger partial charge in [0.25, 0.3) is 0 Å². The number of methoxy groups -OCH3 is 2. The summed E-state index contributed by atoms with van der Waals surface area (Å²) in [6, 6.07) is 0. The van der Waals surface area contributed by atoms with Crippen LogP contribution in [0, 0.1) is 6.92 Å². The molecule has 1 rings (SSSR count). The Morgan fingerprint density at radius 1 is 1.31 bits per heavy atom. The van der Waals surface area contributed by atoms with Crippen LogP contribution < -0.4 is 9.47 Å². The van der Waals surface area contributed by atoms with Crippen molar-refractivity contribution < 1.29 is 14.3 Å². The fraction of sp³-hybridized carbons (Fsp3) is 0.364. The van der Waals surface area contributed by atoms with Gasteiger partial charge < -0.3 is 14.3 Å². The number of ether oxygens (including phenoxy) is 2. The van der Waals surface area contributed by atoms with E-state index in [9.17, 15) is 4.79 Å². The van der Waals surface area contributed by atoms with Crippen LogP contribution in [0.4, 0.5) is 0 Å². The fourth-order valence-corrected chi connectivity index (χ4v) is 2.50. The molecule has 5 heteroatoms. The predicted octanol–water partition coefficient (Wildman–Crippen LogP) is 3.17. The minimum Gasteiger partial charge on any atom is -0.495 e. The van der Waals surface area contributed by atoms with Gasteiger partial charge in [0.05, 0.1) is 23.7 Å². The number of rotatable bonds is 4. The Kier molecular flexibility index (Phi) is 4.62. The molecule has 16 heavy (non-hydrogen) atoms. The first-order valence-corrected chi connectivity index (χ1v) is 5.77. The first kappa shape index (κ1) is 13.3. The molecular weight excluding hydrogens is 295 g/mol. The van der Waals surface area contributed by atoms with Crippen LogP contribution in [0.2, 0.25) is 5.02 Å². The van der Waals surface area contributed by atoms with Crippen LogP contribution in [-0.2, 0) is 11.2 Å². The maximum atomic E-state index is 10.6. The highest BCUT2D eigenvalue weighted by atomic mass is 79.9. The average molecular weight is 308 g/mol. The van der Waals surface area contributed by atoms with E-state index in [-0.39, 0.29) is 6.42 Å². The van der Waals surface area contributed by atoms with E-state index in [1.54, 1.807) is 7.11 Å². The molecule has 0 aliphatic carbocycles. The Morgan fingerprint density at radius 2 is 1.88 bits per heavy atom. The summed E-state index contributed by atoms with van der Waals surface area (Å²) in [6.07, 6.45) is 0.990. The van der Waals surface area contributed by atoms with Crippen molar-refractivity contribution >= 4 is 33.8 Å². The normalized spacial score (nSPS) is 10.1. The Hall–Kier alpha value is -0.740. The van der Waals surface area contributed by atoms with E-state index in [2.05, 4.69) is 15.9 Å². The van der Waals surface area contributed by atoms with E-state index in [0.29, 0.717) is 22.1 Å². The summed E-state index contributed by atoms with van der Waals surface area (Å²) in [5.41, 5.74) is 1.48. The topological polar surface area (TPSA) is 35.5 Å². The molecule has 1 aromatic rings. The zero-order valence-electron chi connectivity index (χ0n) is 9.27. The lowest BCUT2D eigenvalue weighted by Gasteiger charge is -2.17. The van der Waals surface area contributed by atoms with Crippen molar-refractivity contribution in [2.45, 2.75) is 13.3 Å². The Labute approximate surface area is 108 Å². The first-order valence-electron chi connectivity index (χ1n) is 4.60. The smallest absolute Gasteiger partial charge is 0.145 e. The number of carbonyl (C=O) groups excluding carboxylic acids is 1. The van der Waals surface area contributed by atoms with E-state index in [1.807, 2.05) is 6.92 Å². The summed E-state index contributed by atoms with van der Waals surface area (Å²) in [7, 11) is 3.06. The van der Waals surface area contributed by atoms with Gasteiger partial charge in [-0.25, -0.2) is 0 Å². The SMILES string of the molecule is COc1c(Cl)c(C)c(Br)c(OC)c1CC=O. The molecule has 0 aromatic heterocycles. The van der Waals surface area contributed by atoms with Crippen molar-refractivity contribution in [3.63, 3.8) is 0 Å². The number of halogens is 2. The van der Waals surface area contributed by atoms with Gasteiger partial charge in [0.15, 0.2) is 0 Å². The fourth-order valence-electron chi connectivity index (χ4n) is 1.50. The van der Waals surface area contributed by atoms with Crippen LogP contribution in [0.15, 0.2) is 4.47 Å². The molecular formula is C11H12BrClO3. The highest BCUT2D eigenvalue weighted by Gasteiger charge is 2.20.